The van der Waals surface area contributed by atoms with E-state index >= 15 is 0 Å². The number of pyridine rings is 1. The SMILES string of the molecule is O=C(Nc1ccc(F)cc1)c1cn(-c2ccc(S(=O)(=O)N3CCCC3)cn2)cn1. The van der Waals surface area contributed by atoms with Crippen LogP contribution < -0.4 is 5.32 Å². The Morgan fingerprint density at radius 3 is 2.41 bits per heavy atom. The average Bonchev–Trinajstić information content (AvgIpc) is 3.42. The lowest BCUT2D eigenvalue weighted by molar-refractivity contribution is 0.102. The molecule has 0 unspecified atom stereocenters. The number of nitrogens with zero attached hydrogens (tertiary/aromatic N) is 4. The number of hydrogen-bond donors (Lipinski definition) is 1. The molecule has 3 heterocycles. The summed E-state index contributed by atoms with van der Waals surface area (Å²) in [6.07, 6.45) is 5.93. The van der Waals surface area contributed by atoms with Crippen LogP contribution in [0, 0.1) is 5.82 Å². The third kappa shape index (κ3) is 4.03. The topological polar surface area (TPSA) is 97.2 Å². The highest BCUT2D eigenvalue weighted by molar-refractivity contribution is 7.89. The Balaban J connectivity index is 1.49. The van der Waals surface area contributed by atoms with E-state index < -0.39 is 21.7 Å². The van der Waals surface area contributed by atoms with Crippen molar-refractivity contribution in [2.24, 2.45) is 0 Å². The molecule has 10 heteroatoms. The lowest BCUT2D eigenvalue weighted by atomic mass is 10.3. The highest BCUT2D eigenvalue weighted by Gasteiger charge is 2.27. The molecule has 4 rings (SSSR count). The van der Waals surface area contributed by atoms with Gasteiger partial charge in [-0.25, -0.2) is 22.8 Å². The van der Waals surface area contributed by atoms with Gasteiger partial charge in [0.2, 0.25) is 10.0 Å². The third-order valence-electron chi connectivity index (χ3n) is 4.61. The van der Waals surface area contributed by atoms with E-state index in [4.69, 9.17) is 0 Å². The van der Waals surface area contributed by atoms with Crippen LogP contribution in [-0.2, 0) is 10.0 Å². The molecule has 1 fully saturated rings. The molecular weight excluding hydrogens is 397 g/mol. The molecule has 2 aromatic heterocycles. The van der Waals surface area contributed by atoms with E-state index in [9.17, 15) is 17.6 Å². The summed E-state index contributed by atoms with van der Waals surface area (Å²) in [5.41, 5.74) is 0.588. The summed E-state index contributed by atoms with van der Waals surface area (Å²) in [7, 11) is -3.53. The second-order valence-electron chi connectivity index (χ2n) is 6.59. The van der Waals surface area contributed by atoms with Crippen LogP contribution in [-0.4, -0.2) is 46.3 Å². The maximum absolute atomic E-state index is 13.0. The van der Waals surface area contributed by atoms with Crippen LogP contribution in [0.1, 0.15) is 23.3 Å². The van der Waals surface area contributed by atoms with Crippen molar-refractivity contribution in [2.45, 2.75) is 17.7 Å². The van der Waals surface area contributed by atoms with E-state index in [0.29, 0.717) is 24.6 Å². The second kappa shape index (κ2) is 7.72. The first-order valence-corrected chi connectivity index (χ1v) is 10.4. The number of carbonyl (C=O) groups is 1. The van der Waals surface area contributed by atoms with E-state index in [1.165, 1.54) is 57.9 Å². The third-order valence-corrected chi connectivity index (χ3v) is 6.49. The average molecular weight is 415 g/mol. The Bertz CT molecular complexity index is 1120. The maximum atomic E-state index is 13.0. The van der Waals surface area contributed by atoms with Gasteiger partial charge in [-0.2, -0.15) is 4.31 Å². The number of halogens is 1. The molecule has 0 spiro atoms. The van der Waals surface area contributed by atoms with E-state index in [0.717, 1.165) is 12.8 Å². The van der Waals surface area contributed by atoms with Crippen LogP contribution in [0.15, 0.2) is 60.0 Å². The van der Waals surface area contributed by atoms with Crippen molar-refractivity contribution in [3.8, 4) is 5.82 Å². The fourth-order valence-electron chi connectivity index (χ4n) is 3.05. The van der Waals surface area contributed by atoms with Gasteiger partial charge in [-0.1, -0.05) is 0 Å². The largest absolute Gasteiger partial charge is 0.321 e. The number of amides is 1. The minimum Gasteiger partial charge on any atom is -0.321 e. The van der Waals surface area contributed by atoms with Crippen LogP contribution in [0.25, 0.3) is 5.82 Å². The Hall–Kier alpha value is -3.11. The zero-order valence-corrected chi connectivity index (χ0v) is 16.1. The monoisotopic (exact) mass is 415 g/mol. The molecule has 1 aliphatic rings. The summed E-state index contributed by atoms with van der Waals surface area (Å²) in [5.74, 6) is -0.421. The number of aromatic nitrogens is 3. The predicted octanol–water partition coefficient (Wildman–Crippen LogP) is 2.44. The van der Waals surface area contributed by atoms with Crippen LogP contribution in [0.2, 0.25) is 0 Å². The maximum Gasteiger partial charge on any atom is 0.275 e. The fraction of sp³-hybridized carbons (Fsp3) is 0.211. The van der Waals surface area contributed by atoms with E-state index in [2.05, 4.69) is 15.3 Å². The number of imidazole rings is 1. The van der Waals surface area contributed by atoms with E-state index in [-0.39, 0.29) is 10.6 Å². The summed E-state index contributed by atoms with van der Waals surface area (Å²) >= 11 is 0. The molecule has 0 radical (unpaired) electrons. The van der Waals surface area contributed by atoms with Gasteiger partial charge in [-0.15, -0.1) is 0 Å². The zero-order valence-electron chi connectivity index (χ0n) is 15.3. The van der Waals surface area contributed by atoms with Gasteiger partial charge in [0.05, 0.1) is 0 Å². The van der Waals surface area contributed by atoms with Crippen molar-refractivity contribution < 1.29 is 17.6 Å². The lowest BCUT2D eigenvalue weighted by Crippen LogP contribution is -2.27. The highest BCUT2D eigenvalue weighted by Crippen LogP contribution is 2.21. The molecule has 8 nitrogen and oxygen atoms in total. The molecule has 1 amide bonds. The Morgan fingerprint density at radius 1 is 1.03 bits per heavy atom. The molecule has 150 valence electrons. The Morgan fingerprint density at radius 2 is 1.76 bits per heavy atom. The predicted molar refractivity (Wildman–Crippen MR) is 104 cm³/mol. The number of benzene rings is 1. The van der Waals surface area contributed by atoms with Gasteiger partial charge in [-0.05, 0) is 49.2 Å². The summed E-state index contributed by atoms with van der Waals surface area (Å²) in [4.78, 5) is 20.7. The van der Waals surface area contributed by atoms with Crippen molar-refractivity contribution in [3.63, 3.8) is 0 Å². The van der Waals surface area contributed by atoms with Gasteiger partial charge in [0.25, 0.3) is 5.91 Å². The van der Waals surface area contributed by atoms with Crippen LogP contribution >= 0.6 is 0 Å². The molecule has 1 aromatic carbocycles. The molecule has 1 saturated heterocycles. The quantitative estimate of drug-likeness (QED) is 0.690. The first-order valence-electron chi connectivity index (χ1n) is 9.01. The summed E-state index contributed by atoms with van der Waals surface area (Å²) in [6, 6.07) is 8.45. The molecule has 1 N–H and O–H groups in total. The zero-order chi connectivity index (χ0) is 20.4. The molecular formula is C19H18FN5O3S. The number of rotatable bonds is 5. The number of nitrogens with one attached hydrogen (secondary N) is 1. The smallest absolute Gasteiger partial charge is 0.275 e. The standard InChI is InChI=1S/C19H18FN5O3S/c20-14-3-5-15(6-4-14)23-19(26)17-12-24(13-22-17)18-8-7-16(11-21-18)29(27,28)25-9-1-2-10-25/h3-8,11-13H,1-2,9-10H2,(H,23,26). The van der Waals surface area contributed by atoms with Gasteiger partial charge in [0.1, 0.15) is 28.6 Å². The summed E-state index contributed by atoms with van der Waals surface area (Å²) < 4.78 is 41.1. The number of hydrogen-bond acceptors (Lipinski definition) is 5. The van der Waals surface area contributed by atoms with Gasteiger partial charge in [-0.3, -0.25) is 9.36 Å². The van der Waals surface area contributed by atoms with Crippen molar-refractivity contribution >= 4 is 21.6 Å². The molecule has 0 saturated carbocycles. The minimum absolute atomic E-state index is 0.137. The first kappa shape index (κ1) is 19.2. The molecule has 1 aliphatic heterocycles. The molecule has 0 bridgehead atoms. The Labute approximate surface area is 167 Å². The number of carbonyl (C=O) groups excluding carboxylic acids is 1. The van der Waals surface area contributed by atoms with Crippen LogP contribution in [0.5, 0.6) is 0 Å². The fourth-order valence-corrected chi connectivity index (χ4v) is 4.51. The minimum atomic E-state index is -3.53. The molecule has 0 atom stereocenters. The summed E-state index contributed by atoms with van der Waals surface area (Å²) in [6.45, 7) is 1.05. The number of anilines is 1. The van der Waals surface area contributed by atoms with Gasteiger partial charge < -0.3 is 5.32 Å². The van der Waals surface area contributed by atoms with E-state index in [1.54, 1.807) is 6.07 Å². The second-order valence-corrected chi connectivity index (χ2v) is 8.53. The van der Waals surface area contributed by atoms with Crippen molar-refractivity contribution in [1.29, 1.82) is 0 Å². The number of sulfonamides is 1. The highest BCUT2D eigenvalue weighted by atomic mass is 32.2. The van der Waals surface area contributed by atoms with E-state index in [1.807, 2.05) is 0 Å². The summed E-state index contributed by atoms with van der Waals surface area (Å²) in [5, 5.41) is 2.62. The van der Waals surface area contributed by atoms with Gasteiger partial charge in [0, 0.05) is 31.2 Å². The van der Waals surface area contributed by atoms with Gasteiger partial charge in [0.15, 0.2) is 0 Å². The first-order chi connectivity index (χ1) is 13.9. The van der Waals surface area contributed by atoms with Crippen molar-refractivity contribution in [1.82, 2.24) is 18.8 Å². The Kier molecular flexibility index (Phi) is 5.12. The molecule has 29 heavy (non-hydrogen) atoms. The van der Waals surface area contributed by atoms with Crippen molar-refractivity contribution in [2.75, 3.05) is 18.4 Å². The molecule has 3 aromatic rings. The lowest BCUT2D eigenvalue weighted by Gasteiger charge is -2.15. The van der Waals surface area contributed by atoms with Crippen LogP contribution in [0.4, 0.5) is 10.1 Å². The van der Waals surface area contributed by atoms with Crippen LogP contribution in [0.3, 0.4) is 0 Å². The van der Waals surface area contributed by atoms with Gasteiger partial charge >= 0.3 is 0 Å². The molecule has 0 aliphatic carbocycles. The van der Waals surface area contributed by atoms with Crippen molar-refractivity contribution in [3.05, 3.63) is 66.6 Å². The normalized spacial score (nSPS) is 14.8.